The summed E-state index contributed by atoms with van der Waals surface area (Å²) >= 11 is 5.99. The Bertz CT molecular complexity index is 796. The van der Waals surface area contributed by atoms with E-state index in [1.54, 1.807) is 34.1 Å². The van der Waals surface area contributed by atoms with Crippen molar-refractivity contribution in [2.24, 2.45) is 5.92 Å². The van der Waals surface area contributed by atoms with Crippen molar-refractivity contribution in [1.29, 1.82) is 0 Å². The molecule has 0 spiro atoms. The molecular formula is C17H21ClN2O4S. The second-order valence-electron chi connectivity index (χ2n) is 6.57. The van der Waals surface area contributed by atoms with Crippen LogP contribution in [0.5, 0.6) is 0 Å². The van der Waals surface area contributed by atoms with Gasteiger partial charge in [-0.05, 0) is 31.5 Å². The average molecular weight is 385 g/mol. The van der Waals surface area contributed by atoms with Gasteiger partial charge in [-0.1, -0.05) is 17.7 Å². The maximum absolute atomic E-state index is 12.9. The number of hydrogen-bond acceptors (Lipinski definition) is 4. The predicted octanol–water partition coefficient (Wildman–Crippen LogP) is 1.73. The third-order valence-electron chi connectivity index (χ3n) is 4.87. The quantitative estimate of drug-likeness (QED) is 0.792. The molecule has 8 heteroatoms. The highest BCUT2D eigenvalue weighted by Crippen LogP contribution is 2.29. The lowest BCUT2D eigenvalue weighted by atomic mass is 10.1. The highest BCUT2D eigenvalue weighted by molar-refractivity contribution is 7.91. The number of anilines is 1. The highest BCUT2D eigenvalue weighted by atomic mass is 35.5. The van der Waals surface area contributed by atoms with Crippen molar-refractivity contribution >= 4 is 38.9 Å². The van der Waals surface area contributed by atoms with Crippen LogP contribution in [0.3, 0.4) is 0 Å². The molecule has 2 fully saturated rings. The Labute approximate surface area is 152 Å². The minimum Gasteiger partial charge on any atom is -0.339 e. The van der Waals surface area contributed by atoms with Crippen LogP contribution in [0.4, 0.5) is 5.69 Å². The first kappa shape index (κ1) is 18.2. The lowest BCUT2D eigenvalue weighted by Crippen LogP contribution is -2.44. The first-order chi connectivity index (χ1) is 11.8. The molecule has 2 aliphatic heterocycles. The maximum Gasteiger partial charge on any atom is 0.228 e. The van der Waals surface area contributed by atoms with Gasteiger partial charge in [0.15, 0.2) is 9.84 Å². The molecule has 0 saturated carbocycles. The lowest BCUT2D eigenvalue weighted by molar-refractivity contribution is -0.137. The Morgan fingerprint density at radius 1 is 1.40 bits per heavy atom. The number of nitrogens with zero attached hydrogens (tertiary/aromatic N) is 2. The molecule has 3 rings (SSSR count). The van der Waals surface area contributed by atoms with Crippen molar-refractivity contribution in [3.63, 3.8) is 0 Å². The van der Waals surface area contributed by atoms with Crippen LogP contribution in [0.1, 0.15) is 19.8 Å². The summed E-state index contributed by atoms with van der Waals surface area (Å²) in [5.41, 5.74) is 0.680. The molecule has 2 unspecified atom stereocenters. The zero-order chi connectivity index (χ0) is 18.2. The van der Waals surface area contributed by atoms with Crippen LogP contribution in [-0.4, -0.2) is 55.8 Å². The van der Waals surface area contributed by atoms with Crippen LogP contribution >= 0.6 is 11.6 Å². The lowest BCUT2D eigenvalue weighted by Gasteiger charge is -2.29. The Morgan fingerprint density at radius 3 is 2.76 bits per heavy atom. The van der Waals surface area contributed by atoms with E-state index in [0.29, 0.717) is 30.2 Å². The smallest absolute Gasteiger partial charge is 0.228 e. The van der Waals surface area contributed by atoms with Crippen molar-refractivity contribution in [2.75, 3.05) is 29.5 Å². The zero-order valence-corrected chi connectivity index (χ0v) is 15.6. The summed E-state index contributed by atoms with van der Waals surface area (Å²) in [5.74, 6) is -0.557. The fourth-order valence-electron chi connectivity index (χ4n) is 3.62. The number of halogens is 1. The third kappa shape index (κ3) is 3.82. The summed E-state index contributed by atoms with van der Waals surface area (Å²) in [6, 6.07) is 6.71. The van der Waals surface area contributed by atoms with Crippen molar-refractivity contribution in [1.82, 2.24) is 4.90 Å². The highest BCUT2D eigenvalue weighted by Gasteiger charge is 2.41. The molecule has 6 nitrogen and oxygen atoms in total. The number of sulfone groups is 1. The summed E-state index contributed by atoms with van der Waals surface area (Å²) in [6.07, 6.45) is 0.613. The molecule has 2 atom stereocenters. The molecule has 25 heavy (non-hydrogen) atoms. The van der Waals surface area contributed by atoms with Gasteiger partial charge < -0.3 is 9.80 Å². The standard InChI is InChI=1S/C17H21ClN2O4S/c1-2-19(15-6-7-25(23,24)11-15)17(22)12-8-16(21)20(10-12)14-5-3-4-13(18)9-14/h3-5,9,12,15H,2,6-8,10-11H2,1H3. The monoisotopic (exact) mass is 384 g/mol. The SMILES string of the molecule is CCN(C(=O)C1CC(=O)N(c2cccc(Cl)c2)C1)C1CCS(=O)(=O)C1. The fraction of sp³-hybridized carbons (Fsp3) is 0.529. The van der Waals surface area contributed by atoms with Gasteiger partial charge in [-0.25, -0.2) is 8.42 Å². The van der Waals surface area contributed by atoms with Crippen molar-refractivity contribution in [3.8, 4) is 0 Å². The van der Waals surface area contributed by atoms with Gasteiger partial charge in [-0.2, -0.15) is 0 Å². The van der Waals surface area contributed by atoms with E-state index in [2.05, 4.69) is 0 Å². The van der Waals surface area contributed by atoms with E-state index < -0.39 is 15.8 Å². The van der Waals surface area contributed by atoms with Gasteiger partial charge in [0.05, 0.1) is 17.4 Å². The van der Waals surface area contributed by atoms with E-state index >= 15 is 0 Å². The molecule has 2 heterocycles. The largest absolute Gasteiger partial charge is 0.339 e. The zero-order valence-electron chi connectivity index (χ0n) is 14.0. The molecule has 0 N–H and O–H groups in total. The minimum atomic E-state index is -3.06. The van der Waals surface area contributed by atoms with Crippen LogP contribution < -0.4 is 4.90 Å². The summed E-state index contributed by atoms with van der Waals surface area (Å²) < 4.78 is 23.4. The third-order valence-corrected chi connectivity index (χ3v) is 6.85. The van der Waals surface area contributed by atoms with Crippen molar-refractivity contribution in [3.05, 3.63) is 29.3 Å². The Balaban J connectivity index is 1.73. The molecule has 0 radical (unpaired) electrons. The number of carbonyl (C=O) groups is 2. The van der Waals surface area contributed by atoms with E-state index in [0.717, 1.165) is 0 Å². The van der Waals surface area contributed by atoms with Gasteiger partial charge >= 0.3 is 0 Å². The fourth-order valence-corrected chi connectivity index (χ4v) is 5.53. The molecule has 0 aromatic heterocycles. The predicted molar refractivity (Wildman–Crippen MR) is 96.4 cm³/mol. The molecule has 0 bridgehead atoms. The van der Waals surface area contributed by atoms with E-state index in [-0.39, 0.29) is 35.8 Å². The Hall–Kier alpha value is -1.60. The molecule has 2 saturated heterocycles. The second-order valence-corrected chi connectivity index (χ2v) is 9.23. The van der Waals surface area contributed by atoms with Crippen molar-refractivity contribution < 1.29 is 18.0 Å². The average Bonchev–Trinajstić information content (AvgIpc) is 3.11. The molecule has 1 aromatic rings. The number of benzene rings is 1. The molecule has 2 amide bonds. The van der Waals surface area contributed by atoms with Crippen LogP contribution in [0.15, 0.2) is 24.3 Å². The summed E-state index contributed by atoms with van der Waals surface area (Å²) in [4.78, 5) is 28.4. The van der Waals surface area contributed by atoms with E-state index in [9.17, 15) is 18.0 Å². The van der Waals surface area contributed by atoms with Gasteiger partial charge in [0, 0.05) is 36.3 Å². The maximum atomic E-state index is 12.9. The second kappa shape index (κ2) is 6.96. The van der Waals surface area contributed by atoms with Gasteiger partial charge in [0.2, 0.25) is 11.8 Å². The van der Waals surface area contributed by atoms with Gasteiger partial charge in [0.1, 0.15) is 0 Å². The molecule has 2 aliphatic rings. The van der Waals surface area contributed by atoms with Gasteiger partial charge in [-0.3, -0.25) is 9.59 Å². The molecular weight excluding hydrogens is 364 g/mol. The first-order valence-corrected chi connectivity index (χ1v) is 10.6. The molecule has 0 aliphatic carbocycles. The van der Waals surface area contributed by atoms with E-state index in [1.807, 2.05) is 6.92 Å². The topological polar surface area (TPSA) is 74.8 Å². The van der Waals surface area contributed by atoms with Crippen LogP contribution in [0.25, 0.3) is 0 Å². The van der Waals surface area contributed by atoms with Crippen LogP contribution in [-0.2, 0) is 19.4 Å². The van der Waals surface area contributed by atoms with E-state index in [4.69, 9.17) is 11.6 Å². The first-order valence-electron chi connectivity index (χ1n) is 8.37. The normalized spacial score (nSPS) is 25.4. The Kier molecular flexibility index (Phi) is 5.06. The van der Waals surface area contributed by atoms with Gasteiger partial charge in [0.25, 0.3) is 0 Å². The van der Waals surface area contributed by atoms with Crippen LogP contribution in [0, 0.1) is 5.92 Å². The summed E-state index contributed by atoms with van der Waals surface area (Å²) in [6.45, 7) is 2.59. The number of amides is 2. The van der Waals surface area contributed by atoms with E-state index in [1.165, 1.54) is 0 Å². The van der Waals surface area contributed by atoms with Gasteiger partial charge in [-0.15, -0.1) is 0 Å². The molecule has 1 aromatic carbocycles. The summed E-state index contributed by atoms with van der Waals surface area (Å²) in [5, 5.41) is 0.534. The van der Waals surface area contributed by atoms with Crippen LogP contribution in [0.2, 0.25) is 5.02 Å². The summed E-state index contributed by atoms with van der Waals surface area (Å²) in [7, 11) is -3.06. The number of hydrogen-bond donors (Lipinski definition) is 0. The van der Waals surface area contributed by atoms with Crippen molar-refractivity contribution in [2.45, 2.75) is 25.8 Å². The minimum absolute atomic E-state index is 0.0191. The Morgan fingerprint density at radius 2 is 2.16 bits per heavy atom. The number of carbonyl (C=O) groups excluding carboxylic acids is 2. The molecule has 136 valence electrons. The number of rotatable bonds is 4.